The van der Waals surface area contributed by atoms with E-state index in [1.165, 1.54) is 7.11 Å². The number of aromatic nitrogens is 1. The lowest BCUT2D eigenvalue weighted by molar-refractivity contribution is 0.174. The third-order valence-electron chi connectivity index (χ3n) is 4.81. The van der Waals surface area contributed by atoms with E-state index >= 15 is 0 Å². The first-order valence-corrected chi connectivity index (χ1v) is 9.04. The van der Waals surface area contributed by atoms with Gasteiger partial charge in [-0.2, -0.15) is 0 Å². The number of allylic oxidation sites excluding steroid dienone is 1. The number of rotatable bonds is 6. The molecule has 7 heteroatoms. The molecule has 4 rings (SSSR count). The van der Waals surface area contributed by atoms with E-state index in [0.29, 0.717) is 34.9 Å². The van der Waals surface area contributed by atoms with Gasteiger partial charge in [-0.25, -0.2) is 0 Å². The van der Waals surface area contributed by atoms with Crippen LogP contribution in [0.15, 0.2) is 53.5 Å². The highest BCUT2D eigenvalue weighted by molar-refractivity contribution is 5.92. The second-order valence-electron chi connectivity index (χ2n) is 6.39. The van der Waals surface area contributed by atoms with Gasteiger partial charge in [0.2, 0.25) is 6.79 Å². The number of hydrogen-bond donors (Lipinski definition) is 0. The lowest BCUT2D eigenvalue weighted by Gasteiger charge is -2.16. The molecule has 3 aromatic rings. The minimum Gasteiger partial charge on any atom is -0.505 e. The summed E-state index contributed by atoms with van der Waals surface area (Å²) in [6, 6.07) is 11.2. The Labute approximate surface area is 167 Å². The molecule has 2 heterocycles. The molecule has 7 nitrogen and oxygen atoms in total. The van der Waals surface area contributed by atoms with E-state index in [-0.39, 0.29) is 12.4 Å². The Hall–Kier alpha value is -3.61. The van der Waals surface area contributed by atoms with Crippen molar-refractivity contribution in [3.63, 3.8) is 0 Å². The normalized spacial score (nSPS) is 12.5. The first-order valence-electron chi connectivity index (χ1n) is 9.04. The molecule has 0 fully saturated rings. The number of benzene rings is 2. The average Bonchev–Trinajstić information content (AvgIpc) is 3.22. The Morgan fingerprint density at radius 3 is 2.62 bits per heavy atom. The number of fused-ring (bicyclic) bond motifs is 2. The van der Waals surface area contributed by atoms with Gasteiger partial charge in [0.25, 0.3) is 5.56 Å². The second-order valence-corrected chi connectivity index (χ2v) is 6.39. The van der Waals surface area contributed by atoms with Crippen molar-refractivity contribution in [3.05, 3.63) is 59.1 Å². The van der Waals surface area contributed by atoms with Crippen molar-refractivity contribution in [2.75, 3.05) is 28.1 Å². The van der Waals surface area contributed by atoms with Gasteiger partial charge in [-0.15, -0.1) is 0 Å². The Kier molecular flexibility index (Phi) is 5.03. The number of nitrogens with zero attached hydrogens (tertiary/aromatic N) is 1. The Bertz CT molecular complexity index is 1150. The highest BCUT2D eigenvalue weighted by Gasteiger charge is 2.19. The standard InChI is InChI=1S/C22H21NO6/c1-25-10-4-9-23-16(14-5-7-17-19(12-14)29-13-28-17)11-15-6-8-18(26-2)21(27-3)20(15)22(23)24/h4-8,10-12H,9,13H2,1-3H3/b10-4+. The summed E-state index contributed by atoms with van der Waals surface area (Å²) in [5.41, 5.74) is 1.40. The molecule has 0 spiro atoms. The molecular formula is C22H21NO6. The molecule has 0 radical (unpaired) electrons. The fraction of sp³-hybridized carbons (Fsp3) is 0.227. The van der Waals surface area contributed by atoms with Gasteiger partial charge in [0.15, 0.2) is 23.0 Å². The van der Waals surface area contributed by atoms with Crippen LogP contribution in [-0.4, -0.2) is 32.7 Å². The number of hydrogen-bond acceptors (Lipinski definition) is 6. The fourth-order valence-electron chi connectivity index (χ4n) is 3.47. The van der Waals surface area contributed by atoms with Crippen LogP contribution in [0.3, 0.4) is 0 Å². The van der Waals surface area contributed by atoms with Crippen LogP contribution in [0.2, 0.25) is 0 Å². The van der Waals surface area contributed by atoms with Crippen LogP contribution in [0.25, 0.3) is 22.0 Å². The highest BCUT2D eigenvalue weighted by Crippen LogP contribution is 2.38. The fourth-order valence-corrected chi connectivity index (χ4v) is 3.47. The maximum atomic E-state index is 13.5. The highest BCUT2D eigenvalue weighted by atomic mass is 16.7. The second kappa shape index (κ2) is 7.79. The number of pyridine rings is 1. The smallest absolute Gasteiger partial charge is 0.263 e. The number of methoxy groups -OCH3 is 3. The predicted molar refractivity (Wildman–Crippen MR) is 109 cm³/mol. The van der Waals surface area contributed by atoms with Gasteiger partial charge in [0.05, 0.1) is 38.7 Å². The van der Waals surface area contributed by atoms with Crippen molar-refractivity contribution in [3.8, 4) is 34.3 Å². The Morgan fingerprint density at radius 1 is 1.03 bits per heavy atom. The monoisotopic (exact) mass is 395 g/mol. The van der Waals surface area contributed by atoms with Crippen LogP contribution in [0, 0.1) is 0 Å². The maximum Gasteiger partial charge on any atom is 0.263 e. The number of ether oxygens (including phenoxy) is 5. The van der Waals surface area contributed by atoms with E-state index in [1.54, 1.807) is 37.2 Å². The zero-order chi connectivity index (χ0) is 20.4. The van der Waals surface area contributed by atoms with E-state index in [9.17, 15) is 4.79 Å². The Balaban J connectivity index is 1.99. The van der Waals surface area contributed by atoms with Crippen LogP contribution < -0.4 is 24.5 Å². The van der Waals surface area contributed by atoms with Gasteiger partial charge in [0, 0.05) is 12.1 Å². The molecule has 29 heavy (non-hydrogen) atoms. The predicted octanol–water partition coefficient (Wildman–Crippen LogP) is 3.57. The maximum absolute atomic E-state index is 13.5. The molecule has 1 aliphatic heterocycles. The summed E-state index contributed by atoms with van der Waals surface area (Å²) in [6.45, 7) is 0.517. The summed E-state index contributed by atoms with van der Waals surface area (Å²) in [7, 11) is 4.63. The molecule has 0 amide bonds. The largest absolute Gasteiger partial charge is 0.505 e. The summed E-state index contributed by atoms with van der Waals surface area (Å²) in [6.07, 6.45) is 3.32. The summed E-state index contributed by atoms with van der Waals surface area (Å²) in [5, 5.41) is 1.22. The summed E-state index contributed by atoms with van der Waals surface area (Å²) in [5.74, 6) is 2.26. The molecule has 2 aromatic carbocycles. The quantitative estimate of drug-likeness (QED) is 0.595. The summed E-state index contributed by atoms with van der Waals surface area (Å²) >= 11 is 0. The lowest BCUT2D eigenvalue weighted by Crippen LogP contribution is -2.22. The van der Waals surface area contributed by atoms with Crippen LogP contribution in [0.1, 0.15) is 0 Å². The first-order chi connectivity index (χ1) is 14.2. The first kappa shape index (κ1) is 18.7. The molecule has 0 unspecified atom stereocenters. The minimum atomic E-state index is -0.188. The van der Waals surface area contributed by atoms with Crippen molar-refractivity contribution in [2.45, 2.75) is 6.54 Å². The molecule has 0 saturated heterocycles. The average molecular weight is 395 g/mol. The summed E-state index contributed by atoms with van der Waals surface area (Å²) in [4.78, 5) is 13.5. The van der Waals surface area contributed by atoms with Gasteiger partial charge in [-0.05, 0) is 41.8 Å². The molecule has 0 bridgehead atoms. The third kappa shape index (κ3) is 3.24. The molecule has 0 atom stereocenters. The SMILES string of the molecule is CO/C=C/Cn1c(-c2ccc3c(c2)OCO3)cc2ccc(OC)c(OC)c2c1=O. The van der Waals surface area contributed by atoms with Crippen LogP contribution in [-0.2, 0) is 11.3 Å². The van der Waals surface area contributed by atoms with E-state index in [0.717, 1.165) is 16.6 Å². The van der Waals surface area contributed by atoms with E-state index in [2.05, 4.69) is 0 Å². The zero-order valence-electron chi connectivity index (χ0n) is 16.4. The minimum absolute atomic E-state index is 0.188. The van der Waals surface area contributed by atoms with E-state index in [4.69, 9.17) is 23.7 Å². The van der Waals surface area contributed by atoms with Crippen molar-refractivity contribution in [1.29, 1.82) is 0 Å². The van der Waals surface area contributed by atoms with Crippen LogP contribution >= 0.6 is 0 Å². The molecule has 0 aliphatic carbocycles. The van der Waals surface area contributed by atoms with Gasteiger partial charge in [-0.1, -0.05) is 6.07 Å². The van der Waals surface area contributed by atoms with Gasteiger partial charge in [-0.3, -0.25) is 4.79 Å². The third-order valence-corrected chi connectivity index (χ3v) is 4.81. The van der Waals surface area contributed by atoms with Gasteiger partial charge < -0.3 is 28.3 Å². The zero-order valence-corrected chi connectivity index (χ0v) is 16.4. The molecule has 150 valence electrons. The van der Waals surface area contributed by atoms with Crippen LogP contribution in [0.5, 0.6) is 23.0 Å². The lowest BCUT2D eigenvalue weighted by atomic mass is 10.0. The Morgan fingerprint density at radius 2 is 1.86 bits per heavy atom. The van der Waals surface area contributed by atoms with Gasteiger partial charge >= 0.3 is 0 Å². The van der Waals surface area contributed by atoms with Crippen molar-refractivity contribution in [1.82, 2.24) is 4.57 Å². The van der Waals surface area contributed by atoms with Crippen LogP contribution in [0.4, 0.5) is 0 Å². The van der Waals surface area contributed by atoms with Crippen molar-refractivity contribution >= 4 is 10.8 Å². The molecule has 1 aliphatic rings. The molecular weight excluding hydrogens is 374 g/mol. The van der Waals surface area contributed by atoms with E-state index < -0.39 is 0 Å². The molecule has 0 saturated carbocycles. The van der Waals surface area contributed by atoms with Crippen molar-refractivity contribution < 1.29 is 23.7 Å². The van der Waals surface area contributed by atoms with Crippen molar-refractivity contribution in [2.24, 2.45) is 0 Å². The van der Waals surface area contributed by atoms with E-state index in [1.807, 2.05) is 30.3 Å². The molecule has 1 aromatic heterocycles. The summed E-state index contributed by atoms with van der Waals surface area (Å²) < 4.78 is 28.4. The van der Waals surface area contributed by atoms with Gasteiger partial charge in [0.1, 0.15) is 0 Å². The topological polar surface area (TPSA) is 68.2 Å². The molecule has 0 N–H and O–H groups in total.